The lowest BCUT2D eigenvalue weighted by molar-refractivity contribution is -0.133. The summed E-state index contributed by atoms with van der Waals surface area (Å²) in [5.74, 6) is 0.298. The Bertz CT molecular complexity index is 966. The van der Waals surface area contributed by atoms with Gasteiger partial charge in [0, 0.05) is 43.4 Å². The molecule has 0 heterocycles. The van der Waals surface area contributed by atoms with E-state index in [2.05, 4.69) is 101 Å². The molecule has 0 saturated carbocycles. The van der Waals surface area contributed by atoms with Crippen molar-refractivity contribution in [2.45, 2.75) is 181 Å². The molecular formula is C38H74N2O4. The maximum Gasteiger partial charge on any atom is 0.220 e. The van der Waals surface area contributed by atoms with Crippen molar-refractivity contribution in [2.24, 2.45) is 32.5 Å². The molecule has 0 bridgehead atoms. The van der Waals surface area contributed by atoms with Crippen LogP contribution in [0.4, 0.5) is 0 Å². The molecule has 0 spiro atoms. The number of rotatable bonds is 19. The molecule has 1 unspecified atom stereocenters. The summed E-state index contributed by atoms with van der Waals surface area (Å²) in [5, 5.41) is 6.47. The van der Waals surface area contributed by atoms with Gasteiger partial charge in [0.15, 0.2) is 0 Å². The second kappa shape index (κ2) is 15.0. The van der Waals surface area contributed by atoms with Crippen molar-refractivity contribution in [3.8, 4) is 0 Å². The minimum atomic E-state index is -0.559. The fourth-order valence-electron chi connectivity index (χ4n) is 5.29. The summed E-state index contributed by atoms with van der Waals surface area (Å²) in [6, 6.07) is 0. The van der Waals surface area contributed by atoms with E-state index in [9.17, 15) is 14.4 Å². The minimum Gasteiger partial charge on any atom is -0.376 e. The molecule has 0 radical (unpaired) electrons. The highest BCUT2D eigenvalue weighted by Gasteiger charge is 2.45. The number of ketones is 1. The number of amides is 2. The summed E-state index contributed by atoms with van der Waals surface area (Å²) < 4.78 is 6.00. The normalized spacial score (nSPS) is 15.5. The van der Waals surface area contributed by atoms with Gasteiger partial charge in [-0.2, -0.15) is 0 Å². The second-order valence-electron chi connectivity index (χ2n) is 18.6. The Morgan fingerprint density at radius 1 is 0.568 bits per heavy atom. The van der Waals surface area contributed by atoms with Crippen LogP contribution in [0.15, 0.2) is 0 Å². The molecule has 2 amide bonds. The zero-order valence-electron chi connectivity index (χ0n) is 32.5. The fourth-order valence-corrected chi connectivity index (χ4v) is 5.29. The van der Waals surface area contributed by atoms with Crippen LogP contribution in [-0.4, -0.2) is 41.9 Å². The first kappa shape index (κ1) is 42.6. The van der Waals surface area contributed by atoms with Gasteiger partial charge in [0.25, 0.3) is 0 Å². The Morgan fingerprint density at radius 2 is 1.09 bits per heavy atom. The average Bonchev–Trinajstić information content (AvgIpc) is 2.81. The quantitative estimate of drug-likeness (QED) is 0.150. The van der Waals surface area contributed by atoms with Gasteiger partial charge < -0.3 is 15.4 Å². The van der Waals surface area contributed by atoms with Gasteiger partial charge in [-0.25, -0.2) is 0 Å². The smallest absolute Gasteiger partial charge is 0.220 e. The highest BCUT2D eigenvalue weighted by Crippen LogP contribution is 2.47. The molecule has 0 rings (SSSR count). The lowest BCUT2D eigenvalue weighted by Crippen LogP contribution is -2.56. The van der Waals surface area contributed by atoms with Gasteiger partial charge in [-0.05, 0) is 87.4 Å². The molecule has 6 heteroatoms. The molecule has 0 aliphatic carbocycles. The van der Waals surface area contributed by atoms with Crippen molar-refractivity contribution in [3.63, 3.8) is 0 Å². The van der Waals surface area contributed by atoms with Crippen LogP contribution in [-0.2, 0) is 19.1 Å². The highest BCUT2D eigenvalue weighted by atomic mass is 16.5. The lowest BCUT2D eigenvalue weighted by Gasteiger charge is -2.46. The van der Waals surface area contributed by atoms with E-state index < -0.39 is 11.0 Å². The van der Waals surface area contributed by atoms with Gasteiger partial charge in [0.05, 0.1) is 5.60 Å². The Kier molecular flexibility index (Phi) is 14.5. The minimum absolute atomic E-state index is 0.0104. The van der Waals surface area contributed by atoms with Crippen LogP contribution >= 0.6 is 0 Å². The molecule has 1 atom stereocenters. The number of hydrogen-bond donors (Lipinski definition) is 2. The van der Waals surface area contributed by atoms with Gasteiger partial charge >= 0.3 is 0 Å². The highest BCUT2D eigenvalue weighted by molar-refractivity contribution is 5.85. The van der Waals surface area contributed by atoms with Crippen molar-refractivity contribution < 1.29 is 19.1 Å². The van der Waals surface area contributed by atoms with Crippen molar-refractivity contribution in [1.29, 1.82) is 0 Å². The Labute approximate surface area is 273 Å². The fraction of sp³-hybridized carbons (Fsp3) is 0.921. The standard InChI is InChI=1S/C38H74N2O4/c1-19-32(6,7)28(41)25-36(14,15)37(16,17)40-30(43)26-35(12,13)33(8,9)21-23-39-29(42)27-38(18,20-2)34(10,11)22-24-44-31(3,4)5/h19-27H2,1-18H3,(H,39,42)(H,40,43). The van der Waals surface area contributed by atoms with Crippen LogP contribution in [0.1, 0.15) is 170 Å². The van der Waals surface area contributed by atoms with Crippen molar-refractivity contribution >= 4 is 17.6 Å². The van der Waals surface area contributed by atoms with E-state index >= 15 is 0 Å². The molecule has 2 N–H and O–H groups in total. The predicted octanol–water partition coefficient (Wildman–Crippen LogP) is 9.29. The Hall–Kier alpha value is -1.43. The van der Waals surface area contributed by atoms with E-state index in [0.29, 0.717) is 32.4 Å². The number of carbonyl (C=O) groups excluding carboxylic acids is 3. The molecule has 0 saturated heterocycles. The third-order valence-corrected chi connectivity index (χ3v) is 12.1. The Morgan fingerprint density at radius 3 is 1.55 bits per heavy atom. The molecule has 260 valence electrons. The van der Waals surface area contributed by atoms with Crippen LogP contribution in [0, 0.1) is 32.5 Å². The maximum atomic E-state index is 13.4. The van der Waals surface area contributed by atoms with Crippen LogP contribution in [0.2, 0.25) is 0 Å². The molecule has 0 aromatic heterocycles. The van der Waals surface area contributed by atoms with E-state index in [4.69, 9.17) is 4.74 Å². The molecular weight excluding hydrogens is 548 g/mol. The number of ether oxygens (including phenoxy) is 1. The van der Waals surface area contributed by atoms with Gasteiger partial charge in [0.1, 0.15) is 5.78 Å². The molecule has 0 aromatic carbocycles. The van der Waals surface area contributed by atoms with Crippen molar-refractivity contribution in [2.75, 3.05) is 13.2 Å². The topological polar surface area (TPSA) is 84.5 Å². The maximum absolute atomic E-state index is 13.4. The molecule has 0 aliphatic heterocycles. The number of carbonyl (C=O) groups is 3. The summed E-state index contributed by atoms with van der Waals surface area (Å²) in [6.07, 6.45) is 4.61. The van der Waals surface area contributed by atoms with Crippen LogP contribution in [0.3, 0.4) is 0 Å². The monoisotopic (exact) mass is 623 g/mol. The largest absolute Gasteiger partial charge is 0.376 e. The zero-order valence-corrected chi connectivity index (χ0v) is 32.5. The number of hydrogen-bond acceptors (Lipinski definition) is 4. The van der Waals surface area contributed by atoms with E-state index in [0.717, 1.165) is 25.7 Å². The molecule has 6 nitrogen and oxygen atoms in total. The van der Waals surface area contributed by atoms with Gasteiger partial charge in [-0.3, -0.25) is 14.4 Å². The van der Waals surface area contributed by atoms with E-state index in [1.807, 2.05) is 34.6 Å². The number of nitrogens with one attached hydrogen (secondary N) is 2. The van der Waals surface area contributed by atoms with Crippen LogP contribution in [0.5, 0.6) is 0 Å². The summed E-state index contributed by atoms with van der Waals surface area (Å²) >= 11 is 0. The average molecular weight is 623 g/mol. The van der Waals surface area contributed by atoms with E-state index in [1.165, 1.54) is 0 Å². The predicted molar refractivity (Wildman–Crippen MR) is 187 cm³/mol. The number of Topliss-reactive ketones (excluding diaryl/α,β-unsaturated/α-hetero) is 1. The third-order valence-electron chi connectivity index (χ3n) is 12.1. The summed E-state index contributed by atoms with van der Waals surface area (Å²) in [6.45, 7) is 39.2. The molecule has 0 aliphatic rings. The van der Waals surface area contributed by atoms with Gasteiger partial charge in [0.2, 0.25) is 11.8 Å². The van der Waals surface area contributed by atoms with Crippen molar-refractivity contribution in [1.82, 2.24) is 10.6 Å². The molecule has 0 aromatic rings. The van der Waals surface area contributed by atoms with E-state index in [1.54, 1.807) is 0 Å². The first-order chi connectivity index (χ1) is 19.4. The Balaban J connectivity index is 5.26. The zero-order chi connectivity index (χ0) is 35.2. The first-order valence-electron chi connectivity index (χ1n) is 17.2. The summed E-state index contributed by atoms with van der Waals surface area (Å²) in [7, 11) is 0. The second-order valence-corrected chi connectivity index (χ2v) is 18.6. The van der Waals surface area contributed by atoms with Crippen LogP contribution < -0.4 is 10.6 Å². The summed E-state index contributed by atoms with van der Waals surface area (Å²) in [4.78, 5) is 39.6. The summed E-state index contributed by atoms with van der Waals surface area (Å²) in [5.41, 5.74) is -2.22. The first-order valence-corrected chi connectivity index (χ1v) is 17.2. The molecule has 0 fully saturated rings. The van der Waals surface area contributed by atoms with Gasteiger partial charge in [-0.15, -0.1) is 0 Å². The van der Waals surface area contributed by atoms with Crippen molar-refractivity contribution in [3.05, 3.63) is 0 Å². The third kappa shape index (κ3) is 12.1. The molecule has 44 heavy (non-hydrogen) atoms. The van der Waals surface area contributed by atoms with Gasteiger partial charge in [-0.1, -0.05) is 90.0 Å². The van der Waals surface area contributed by atoms with Crippen LogP contribution in [0.25, 0.3) is 0 Å². The lowest BCUT2D eigenvalue weighted by atomic mass is 9.61. The van der Waals surface area contributed by atoms with E-state index in [-0.39, 0.29) is 50.3 Å². The SMILES string of the molecule is CCC(C)(C)C(=O)CC(C)(C)C(C)(C)NC(=O)CC(C)(C)C(C)(C)CCNC(=O)CC(C)(CC)C(C)(C)CCOC(C)(C)C.